The van der Waals surface area contributed by atoms with Gasteiger partial charge in [-0.3, -0.25) is 14.9 Å². The zero-order chi connectivity index (χ0) is 13.7. The molecular formula is C12H20N2O4. The van der Waals surface area contributed by atoms with Crippen molar-refractivity contribution in [3.63, 3.8) is 0 Å². The fourth-order valence-corrected chi connectivity index (χ4v) is 1.75. The summed E-state index contributed by atoms with van der Waals surface area (Å²) in [6.45, 7) is 1.96. The zero-order valence-corrected chi connectivity index (χ0v) is 10.8. The third kappa shape index (κ3) is 4.73. The van der Waals surface area contributed by atoms with Gasteiger partial charge in [0, 0.05) is 25.9 Å². The van der Waals surface area contributed by atoms with Crippen LogP contribution in [0.15, 0.2) is 0 Å². The lowest BCUT2D eigenvalue weighted by atomic mass is 10.2. The van der Waals surface area contributed by atoms with Gasteiger partial charge < -0.3 is 10.0 Å². The van der Waals surface area contributed by atoms with Crippen LogP contribution in [0.25, 0.3) is 0 Å². The molecule has 1 saturated carbocycles. The van der Waals surface area contributed by atoms with Gasteiger partial charge in [-0.15, -0.1) is 0 Å². The van der Waals surface area contributed by atoms with E-state index in [0.717, 1.165) is 12.8 Å². The SMILES string of the molecule is CC(C1CC1)N(C)C(=O)NC(=O)CCCC(=O)O. The van der Waals surface area contributed by atoms with Gasteiger partial charge in [0.2, 0.25) is 5.91 Å². The molecule has 0 aromatic carbocycles. The van der Waals surface area contributed by atoms with Gasteiger partial charge in [0.15, 0.2) is 0 Å². The number of carbonyl (C=O) groups is 3. The molecule has 0 aromatic heterocycles. The molecule has 1 atom stereocenters. The highest BCUT2D eigenvalue weighted by Crippen LogP contribution is 2.34. The zero-order valence-electron chi connectivity index (χ0n) is 10.8. The maximum absolute atomic E-state index is 11.7. The number of imide groups is 1. The second-order valence-electron chi connectivity index (χ2n) is 4.79. The number of carboxylic acids is 1. The van der Waals surface area contributed by atoms with E-state index in [1.54, 1.807) is 7.05 Å². The van der Waals surface area contributed by atoms with Gasteiger partial charge in [0.1, 0.15) is 0 Å². The van der Waals surface area contributed by atoms with Crippen LogP contribution in [-0.4, -0.2) is 41.0 Å². The number of carboxylic acid groups (broad SMARTS) is 1. The summed E-state index contributed by atoms with van der Waals surface area (Å²) in [7, 11) is 1.67. The normalized spacial score (nSPS) is 15.9. The lowest BCUT2D eigenvalue weighted by Crippen LogP contribution is -2.45. The quantitative estimate of drug-likeness (QED) is 0.747. The molecule has 2 N–H and O–H groups in total. The first-order valence-electron chi connectivity index (χ1n) is 6.20. The Hall–Kier alpha value is -1.59. The molecule has 0 spiro atoms. The van der Waals surface area contributed by atoms with E-state index in [0.29, 0.717) is 5.92 Å². The molecule has 18 heavy (non-hydrogen) atoms. The summed E-state index contributed by atoms with van der Waals surface area (Å²) < 4.78 is 0. The molecule has 1 unspecified atom stereocenters. The van der Waals surface area contributed by atoms with Crippen molar-refractivity contribution in [2.75, 3.05) is 7.05 Å². The highest BCUT2D eigenvalue weighted by atomic mass is 16.4. The second-order valence-corrected chi connectivity index (χ2v) is 4.79. The van der Waals surface area contributed by atoms with E-state index in [1.807, 2.05) is 6.92 Å². The van der Waals surface area contributed by atoms with Gasteiger partial charge in [-0.2, -0.15) is 0 Å². The van der Waals surface area contributed by atoms with E-state index in [9.17, 15) is 14.4 Å². The van der Waals surface area contributed by atoms with E-state index in [2.05, 4.69) is 5.32 Å². The van der Waals surface area contributed by atoms with Crippen LogP contribution in [0.4, 0.5) is 4.79 Å². The highest BCUT2D eigenvalue weighted by Gasteiger charge is 2.32. The molecule has 0 aromatic rings. The van der Waals surface area contributed by atoms with Gasteiger partial charge in [-0.1, -0.05) is 0 Å². The van der Waals surface area contributed by atoms with Crippen LogP contribution in [-0.2, 0) is 9.59 Å². The van der Waals surface area contributed by atoms with Gasteiger partial charge in [-0.05, 0) is 32.1 Å². The molecule has 1 fully saturated rings. The van der Waals surface area contributed by atoms with Crippen molar-refractivity contribution in [1.29, 1.82) is 0 Å². The van der Waals surface area contributed by atoms with E-state index in [-0.39, 0.29) is 25.3 Å². The maximum Gasteiger partial charge on any atom is 0.324 e. The van der Waals surface area contributed by atoms with Crippen molar-refractivity contribution in [3.05, 3.63) is 0 Å². The van der Waals surface area contributed by atoms with Crippen molar-refractivity contribution in [2.45, 2.75) is 45.1 Å². The fraction of sp³-hybridized carbons (Fsp3) is 0.750. The van der Waals surface area contributed by atoms with Crippen LogP contribution in [0.1, 0.15) is 39.0 Å². The van der Waals surface area contributed by atoms with Crippen molar-refractivity contribution in [1.82, 2.24) is 10.2 Å². The molecule has 0 aliphatic heterocycles. The number of urea groups is 1. The molecule has 1 rings (SSSR count). The number of rotatable bonds is 6. The maximum atomic E-state index is 11.7. The van der Waals surface area contributed by atoms with Gasteiger partial charge in [0.25, 0.3) is 0 Å². The number of hydrogen-bond acceptors (Lipinski definition) is 3. The van der Waals surface area contributed by atoms with E-state index < -0.39 is 17.9 Å². The Labute approximate surface area is 106 Å². The Morgan fingerprint density at radius 3 is 2.44 bits per heavy atom. The molecule has 1 aliphatic carbocycles. The van der Waals surface area contributed by atoms with Gasteiger partial charge >= 0.3 is 12.0 Å². The van der Waals surface area contributed by atoms with Crippen molar-refractivity contribution in [2.24, 2.45) is 5.92 Å². The highest BCUT2D eigenvalue weighted by molar-refractivity contribution is 5.94. The van der Waals surface area contributed by atoms with E-state index in [1.165, 1.54) is 4.90 Å². The van der Waals surface area contributed by atoms with E-state index >= 15 is 0 Å². The van der Waals surface area contributed by atoms with Gasteiger partial charge in [-0.25, -0.2) is 4.79 Å². The molecule has 0 radical (unpaired) electrons. The smallest absolute Gasteiger partial charge is 0.324 e. The summed E-state index contributed by atoms with van der Waals surface area (Å²) in [5.41, 5.74) is 0. The molecular weight excluding hydrogens is 236 g/mol. The minimum Gasteiger partial charge on any atom is -0.481 e. The molecule has 1 aliphatic rings. The average Bonchev–Trinajstić information content (AvgIpc) is 3.10. The number of nitrogens with zero attached hydrogens (tertiary/aromatic N) is 1. The lowest BCUT2D eigenvalue weighted by molar-refractivity contribution is -0.137. The molecule has 3 amide bonds. The Bertz CT molecular complexity index is 339. The largest absolute Gasteiger partial charge is 0.481 e. The first-order valence-corrected chi connectivity index (χ1v) is 6.20. The number of nitrogens with one attached hydrogen (secondary N) is 1. The first-order chi connectivity index (χ1) is 8.41. The molecule has 0 saturated heterocycles. The molecule has 6 heteroatoms. The van der Waals surface area contributed by atoms with Crippen molar-refractivity contribution >= 4 is 17.9 Å². The lowest BCUT2D eigenvalue weighted by Gasteiger charge is -2.24. The summed E-state index contributed by atoms with van der Waals surface area (Å²) in [5, 5.41) is 10.7. The monoisotopic (exact) mass is 256 g/mol. The number of carbonyl (C=O) groups excluding carboxylic acids is 2. The summed E-state index contributed by atoms with van der Waals surface area (Å²) in [4.78, 5) is 34.9. The standard InChI is InChI=1S/C12H20N2O4/c1-8(9-6-7-9)14(2)12(18)13-10(15)4-3-5-11(16)17/h8-9H,3-7H2,1-2H3,(H,16,17)(H,13,15,18). The summed E-state index contributed by atoms with van der Waals surface area (Å²) in [6.07, 6.45) is 2.51. The van der Waals surface area contributed by atoms with Crippen molar-refractivity contribution < 1.29 is 19.5 Å². The Morgan fingerprint density at radius 1 is 1.33 bits per heavy atom. The average molecular weight is 256 g/mol. The minimum atomic E-state index is -0.936. The van der Waals surface area contributed by atoms with Crippen LogP contribution < -0.4 is 5.32 Å². The first kappa shape index (κ1) is 14.5. The topological polar surface area (TPSA) is 86.7 Å². The Balaban J connectivity index is 2.25. The predicted octanol–water partition coefficient (Wildman–Crippen LogP) is 1.21. The van der Waals surface area contributed by atoms with Crippen LogP contribution >= 0.6 is 0 Å². The number of hydrogen-bond donors (Lipinski definition) is 2. The predicted molar refractivity (Wildman–Crippen MR) is 65.0 cm³/mol. The summed E-state index contributed by atoms with van der Waals surface area (Å²) in [6, 6.07) is -0.272. The molecule has 0 bridgehead atoms. The Kier molecular flexibility index (Phi) is 5.12. The number of amides is 3. The number of aliphatic carboxylic acids is 1. The fourth-order valence-electron chi connectivity index (χ4n) is 1.75. The van der Waals surface area contributed by atoms with Crippen LogP contribution in [0.3, 0.4) is 0 Å². The molecule has 0 heterocycles. The molecule has 102 valence electrons. The minimum absolute atomic E-state index is 0.0592. The van der Waals surface area contributed by atoms with E-state index in [4.69, 9.17) is 5.11 Å². The third-order valence-electron chi connectivity index (χ3n) is 3.28. The van der Waals surface area contributed by atoms with Crippen LogP contribution in [0.2, 0.25) is 0 Å². The van der Waals surface area contributed by atoms with Crippen molar-refractivity contribution in [3.8, 4) is 0 Å². The van der Waals surface area contributed by atoms with Crippen LogP contribution in [0.5, 0.6) is 0 Å². The summed E-state index contributed by atoms with van der Waals surface area (Å²) >= 11 is 0. The second kappa shape index (κ2) is 6.37. The summed E-state index contributed by atoms with van der Waals surface area (Å²) in [5.74, 6) is -0.812. The third-order valence-corrected chi connectivity index (χ3v) is 3.28. The van der Waals surface area contributed by atoms with Gasteiger partial charge in [0.05, 0.1) is 0 Å². The Morgan fingerprint density at radius 2 is 1.94 bits per heavy atom. The van der Waals surface area contributed by atoms with Crippen LogP contribution in [0, 0.1) is 5.92 Å². The molecule has 6 nitrogen and oxygen atoms in total.